The Hall–Kier alpha value is -2.55. The van der Waals surface area contributed by atoms with Crippen LogP contribution in [0.15, 0.2) is 58.4 Å². The van der Waals surface area contributed by atoms with Gasteiger partial charge < -0.3 is 4.90 Å². The molecule has 0 saturated carbocycles. The van der Waals surface area contributed by atoms with E-state index in [0.717, 1.165) is 16.8 Å². The van der Waals surface area contributed by atoms with E-state index in [0.29, 0.717) is 43.3 Å². The molecule has 1 aliphatic heterocycles. The van der Waals surface area contributed by atoms with Crippen molar-refractivity contribution in [3.63, 3.8) is 0 Å². The van der Waals surface area contributed by atoms with E-state index >= 15 is 0 Å². The molecule has 0 amide bonds. The minimum absolute atomic E-state index is 0.0962. The van der Waals surface area contributed by atoms with Crippen LogP contribution in [0, 0.1) is 13.8 Å². The molecule has 0 radical (unpaired) electrons. The molecule has 0 bridgehead atoms. The fraction of sp³-hybridized carbons (Fsp3) is 0.333. The zero-order valence-corrected chi connectivity index (χ0v) is 17.4. The summed E-state index contributed by atoms with van der Waals surface area (Å²) in [5, 5.41) is 0. The largest absolute Gasteiger partial charge is 0.328 e. The molecule has 1 aliphatic rings. The molecule has 4 rings (SSSR count). The second-order valence-electron chi connectivity index (χ2n) is 7.61. The minimum atomic E-state index is -3.49. The number of nitrogens with zero attached hydrogens (tertiary/aromatic N) is 3. The van der Waals surface area contributed by atoms with E-state index in [9.17, 15) is 13.2 Å². The van der Waals surface area contributed by atoms with E-state index in [2.05, 4.69) is 4.98 Å². The Labute approximate surface area is 170 Å². The molecule has 0 aliphatic carbocycles. The number of quaternary nitrogens is 1. The van der Waals surface area contributed by atoms with Crippen LogP contribution in [-0.4, -0.2) is 48.3 Å². The van der Waals surface area contributed by atoms with Gasteiger partial charge in [0.25, 0.3) is 5.56 Å². The zero-order chi connectivity index (χ0) is 20.6. The Morgan fingerprint density at radius 3 is 2.55 bits per heavy atom. The third kappa shape index (κ3) is 3.96. The number of aromatic nitrogens is 2. The van der Waals surface area contributed by atoms with Crippen LogP contribution in [0.2, 0.25) is 0 Å². The topological polar surface area (TPSA) is 76.2 Å². The van der Waals surface area contributed by atoms with E-state index < -0.39 is 10.0 Å². The van der Waals surface area contributed by atoms with Crippen molar-refractivity contribution >= 4 is 15.7 Å². The Bertz CT molecular complexity index is 1210. The van der Waals surface area contributed by atoms with Gasteiger partial charge in [-0.25, -0.2) is 13.4 Å². The van der Waals surface area contributed by atoms with Crippen LogP contribution in [0.5, 0.6) is 0 Å². The molecule has 3 aromatic rings. The van der Waals surface area contributed by atoms with Gasteiger partial charge in [-0.2, -0.15) is 4.31 Å². The van der Waals surface area contributed by atoms with Crippen LogP contribution in [0.3, 0.4) is 0 Å². The predicted molar refractivity (Wildman–Crippen MR) is 111 cm³/mol. The summed E-state index contributed by atoms with van der Waals surface area (Å²) in [5.41, 5.74) is 3.10. The van der Waals surface area contributed by atoms with Gasteiger partial charge in [-0.05, 0) is 37.6 Å². The van der Waals surface area contributed by atoms with E-state index in [1.807, 2.05) is 38.1 Å². The fourth-order valence-electron chi connectivity index (χ4n) is 3.90. The summed E-state index contributed by atoms with van der Waals surface area (Å²) >= 11 is 0. The Morgan fingerprint density at radius 1 is 1.07 bits per heavy atom. The Balaban J connectivity index is 1.46. The number of piperazine rings is 1. The van der Waals surface area contributed by atoms with Gasteiger partial charge in [0.15, 0.2) is 0 Å². The van der Waals surface area contributed by atoms with Crippen molar-refractivity contribution in [1.82, 2.24) is 13.7 Å². The fourth-order valence-corrected chi connectivity index (χ4v) is 5.54. The quantitative estimate of drug-likeness (QED) is 0.672. The molecular weight excluding hydrogens is 388 g/mol. The van der Waals surface area contributed by atoms with E-state index in [-0.39, 0.29) is 5.56 Å². The van der Waals surface area contributed by atoms with Crippen molar-refractivity contribution in [1.29, 1.82) is 0 Å². The first-order valence-electron chi connectivity index (χ1n) is 9.73. The molecule has 7 nitrogen and oxygen atoms in total. The van der Waals surface area contributed by atoms with Gasteiger partial charge in [-0.1, -0.05) is 23.8 Å². The lowest BCUT2D eigenvalue weighted by Crippen LogP contribution is -3.13. The van der Waals surface area contributed by atoms with Crippen LogP contribution in [0.4, 0.5) is 0 Å². The molecule has 1 aromatic carbocycles. The third-order valence-corrected chi connectivity index (χ3v) is 7.49. The van der Waals surface area contributed by atoms with Crippen LogP contribution in [0.25, 0.3) is 5.65 Å². The summed E-state index contributed by atoms with van der Waals surface area (Å²) in [6.07, 6.45) is 1.71. The minimum Gasteiger partial charge on any atom is -0.328 e. The van der Waals surface area contributed by atoms with E-state index in [1.165, 1.54) is 9.30 Å². The molecular formula is C21H25N4O3S+. The van der Waals surface area contributed by atoms with Crippen molar-refractivity contribution in [3.8, 4) is 0 Å². The van der Waals surface area contributed by atoms with Gasteiger partial charge in [0.1, 0.15) is 17.9 Å². The first-order chi connectivity index (χ1) is 13.8. The second-order valence-corrected chi connectivity index (χ2v) is 9.52. The van der Waals surface area contributed by atoms with Crippen molar-refractivity contribution in [2.75, 3.05) is 26.2 Å². The Morgan fingerprint density at radius 2 is 1.83 bits per heavy atom. The highest BCUT2D eigenvalue weighted by Crippen LogP contribution is 2.20. The smallest absolute Gasteiger partial charge is 0.258 e. The lowest BCUT2D eigenvalue weighted by Gasteiger charge is -2.31. The summed E-state index contributed by atoms with van der Waals surface area (Å²) in [5.74, 6) is 0. The highest BCUT2D eigenvalue weighted by Gasteiger charge is 2.31. The molecule has 0 unspecified atom stereocenters. The molecule has 0 atom stereocenters. The van der Waals surface area contributed by atoms with Crippen LogP contribution in [0.1, 0.15) is 16.8 Å². The summed E-state index contributed by atoms with van der Waals surface area (Å²) in [6, 6.07) is 12.5. The number of nitrogens with one attached hydrogen (secondary N) is 1. The number of fused-ring (bicyclic) bond motifs is 1. The Kier molecular flexibility index (Phi) is 5.24. The highest BCUT2D eigenvalue weighted by molar-refractivity contribution is 7.89. The molecule has 1 N–H and O–H groups in total. The van der Waals surface area contributed by atoms with Crippen LogP contribution < -0.4 is 10.5 Å². The summed E-state index contributed by atoms with van der Waals surface area (Å²) in [4.78, 5) is 18.5. The maximum atomic E-state index is 13.0. The first kappa shape index (κ1) is 19.8. The second kappa shape index (κ2) is 7.70. The molecule has 152 valence electrons. The van der Waals surface area contributed by atoms with Crippen molar-refractivity contribution in [2.24, 2.45) is 0 Å². The normalized spacial score (nSPS) is 16.3. The van der Waals surface area contributed by atoms with Crippen LogP contribution >= 0.6 is 0 Å². The number of hydrogen-bond donors (Lipinski definition) is 1. The predicted octanol–water partition coefficient (Wildman–Crippen LogP) is 0.401. The number of aryl methyl sites for hydroxylation is 2. The zero-order valence-electron chi connectivity index (χ0n) is 16.6. The molecule has 8 heteroatoms. The number of benzene rings is 1. The number of pyridine rings is 1. The molecule has 0 spiro atoms. The molecule has 29 heavy (non-hydrogen) atoms. The summed E-state index contributed by atoms with van der Waals surface area (Å²) < 4.78 is 29.2. The number of rotatable bonds is 4. The first-order valence-corrected chi connectivity index (χ1v) is 11.2. The lowest BCUT2D eigenvalue weighted by molar-refractivity contribution is -0.917. The molecule has 3 heterocycles. The maximum Gasteiger partial charge on any atom is 0.258 e. The van der Waals surface area contributed by atoms with Gasteiger partial charge in [0.2, 0.25) is 10.0 Å². The maximum absolute atomic E-state index is 13.0. The van der Waals surface area contributed by atoms with E-state index in [1.54, 1.807) is 28.7 Å². The number of hydrogen-bond acceptors (Lipinski definition) is 4. The van der Waals surface area contributed by atoms with Gasteiger partial charge >= 0.3 is 0 Å². The average molecular weight is 414 g/mol. The summed E-state index contributed by atoms with van der Waals surface area (Å²) in [6.45, 7) is 6.68. The highest BCUT2D eigenvalue weighted by atomic mass is 32.2. The van der Waals surface area contributed by atoms with Gasteiger partial charge in [-0.15, -0.1) is 0 Å². The van der Waals surface area contributed by atoms with Crippen molar-refractivity contribution in [2.45, 2.75) is 25.3 Å². The standard InChI is InChI=1S/C21H24N4O3S/c1-16-6-7-19(17(2)13-16)29(27,28)24-11-9-23(10-12-24)15-18-14-21(26)25-8-4-3-5-20(25)22-18/h3-8,13-14H,9-12,15H2,1-2H3/p+1. The van der Waals surface area contributed by atoms with E-state index in [4.69, 9.17) is 0 Å². The van der Waals surface area contributed by atoms with Gasteiger partial charge in [0, 0.05) is 12.3 Å². The molecule has 1 fully saturated rings. The van der Waals surface area contributed by atoms with Crippen molar-refractivity contribution in [3.05, 3.63) is 75.8 Å². The number of sulfonamides is 1. The van der Waals surface area contributed by atoms with Crippen LogP contribution in [-0.2, 0) is 16.6 Å². The molecule has 1 saturated heterocycles. The molecule has 2 aromatic heterocycles. The SMILES string of the molecule is Cc1ccc(S(=O)(=O)N2CC[NH+](Cc3cc(=O)n4ccccc4n3)CC2)c(C)c1. The average Bonchev–Trinajstić information content (AvgIpc) is 2.68. The monoisotopic (exact) mass is 413 g/mol. The van der Waals surface area contributed by atoms with Gasteiger partial charge in [0.05, 0.1) is 31.1 Å². The van der Waals surface area contributed by atoms with Gasteiger partial charge in [-0.3, -0.25) is 9.20 Å². The van der Waals surface area contributed by atoms with Crippen molar-refractivity contribution < 1.29 is 13.3 Å². The summed E-state index contributed by atoms with van der Waals surface area (Å²) in [7, 11) is -3.49. The lowest BCUT2D eigenvalue weighted by atomic mass is 10.2. The third-order valence-electron chi connectivity index (χ3n) is 5.43.